The number of hydrogen-bond donors (Lipinski definition) is 2. The average molecular weight is 320 g/mol. The van der Waals surface area contributed by atoms with Gasteiger partial charge in [-0.2, -0.15) is 0 Å². The van der Waals surface area contributed by atoms with Crippen LogP contribution in [0, 0.1) is 0 Å². The fourth-order valence-corrected chi connectivity index (χ4v) is 2.35. The van der Waals surface area contributed by atoms with E-state index in [1.165, 1.54) is 0 Å². The zero-order valence-electron chi connectivity index (χ0n) is 12.4. The standard InChI is InChI=1S/C18H12N2O4/c21-17(22)14-8-15(18(23)24)16(20-10-14)12-4-1-3-11(7-12)13-5-2-6-19-9-13/h1-10H,(H,21,22)(H,23,24). The number of aromatic nitrogens is 2. The number of nitrogens with zero attached hydrogens (tertiary/aromatic N) is 2. The second kappa shape index (κ2) is 6.29. The first-order valence-corrected chi connectivity index (χ1v) is 7.04. The fourth-order valence-electron chi connectivity index (χ4n) is 2.35. The van der Waals surface area contributed by atoms with E-state index in [2.05, 4.69) is 9.97 Å². The molecule has 24 heavy (non-hydrogen) atoms. The molecule has 0 bridgehead atoms. The minimum atomic E-state index is -1.23. The summed E-state index contributed by atoms with van der Waals surface area (Å²) in [5, 5.41) is 18.4. The van der Waals surface area contributed by atoms with Crippen LogP contribution in [0.5, 0.6) is 0 Å². The summed E-state index contributed by atoms with van der Waals surface area (Å²) in [7, 11) is 0. The number of carboxylic acids is 2. The van der Waals surface area contributed by atoms with Crippen molar-refractivity contribution in [2.75, 3.05) is 0 Å². The van der Waals surface area contributed by atoms with Crippen molar-refractivity contribution in [3.8, 4) is 22.4 Å². The normalized spacial score (nSPS) is 10.3. The maximum absolute atomic E-state index is 11.5. The minimum absolute atomic E-state index is 0.154. The summed E-state index contributed by atoms with van der Waals surface area (Å²) < 4.78 is 0. The Labute approximate surface area is 137 Å². The first-order valence-electron chi connectivity index (χ1n) is 7.04. The third kappa shape index (κ3) is 2.98. The zero-order chi connectivity index (χ0) is 17.1. The van der Waals surface area contributed by atoms with Crippen LogP contribution in [0.15, 0.2) is 61.1 Å². The van der Waals surface area contributed by atoms with Gasteiger partial charge < -0.3 is 10.2 Å². The van der Waals surface area contributed by atoms with Gasteiger partial charge >= 0.3 is 11.9 Å². The van der Waals surface area contributed by atoms with Gasteiger partial charge in [0, 0.05) is 29.7 Å². The Kier molecular flexibility index (Phi) is 4.03. The van der Waals surface area contributed by atoms with Crippen molar-refractivity contribution >= 4 is 11.9 Å². The number of rotatable bonds is 4. The van der Waals surface area contributed by atoms with Crippen LogP contribution in [0.25, 0.3) is 22.4 Å². The quantitative estimate of drug-likeness (QED) is 0.765. The van der Waals surface area contributed by atoms with Crippen molar-refractivity contribution in [3.63, 3.8) is 0 Å². The van der Waals surface area contributed by atoms with Crippen LogP contribution in [0.2, 0.25) is 0 Å². The van der Waals surface area contributed by atoms with E-state index in [1.54, 1.807) is 30.6 Å². The molecular formula is C18H12N2O4. The highest BCUT2D eigenvalue weighted by atomic mass is 16.4. The molecule has 0 saturated heterocycles. The van der Waals surface area contributed by atoms with Gasteiger partial charge in [0.2, 0.25) is 0 Å². The van der Waals surface area contributed by atoms with Gasteiger partial charge in [0.25, 0.3) is 0 Å². The highest BCUT2D eigenvalue weighted by Gasteiger charge is 2.17. The molecule has 0 atom stereocenters. The predicted molar refractivity (Wildman–Crippen MR) is 86.8 cm³/mol. The largest absolute Gasteiger partial charge is 0.478 e. The van der Waals surface area contributed by atoms with Crippen molar-refractivity contribution in [2.45, 2.75) is 0 Å². The van der Waals surface area contributed by atoms with Crippen LogP contribution in [0.1, 0.15) is 20.7 Å². The van der Waals surface area contributed by atoms with Gasteiger partial charge in [-0.1, -0.05) is 24.3 Å². The fraction of sp³-hybridized carbons (Fsp3) is 0. The lowest BCUT2D eigenvalue weighted by Gasteiger charge is -2.08. The van der Waals surface area contributed by atoms with Gasteiger partial charge in [0.15, 0.2) is 0 Å². The molecule has 0 saturated carbocycles. The summed E-state index contributed by atoms with van der Waals surface area (Å²) in [6.45, 7) is 0. The van der Waals surface area contributed by atoms with Gasteiger partial charge in [0.05, 0.1) is 16.8 Å². The third-order valence-corrected chi connectivity index (χ3v) is 3.50. The van der Waals surface area contributed by atoms with Crippen LogP contribution < -0.4 is 0 Å². The van der Waals surface area contributed by atoms with E-state index in [-0.39, 0.29) is 16.8 Å². The molecule has 3 aromatic rings. The molecule has 0 radical (unpaired) electrons. The molecule has 2 heterocycles. The minimum Gasteiger partial charge on any atom is -0.478 e. The predicted octanol–water partition coefficient (Wildman–Crippen LogP) is 3.21. The second-order valence-electron chi connectivity index (χ2n) is 5.05. The highest BCUT2D eigenvalue weighted by Crippen LogP contribution is 2.27. The van der Waals surface area contributed by atoms with Crippen LogP contribution in [0.4, 0.5) is 0 Å². The Bertz CT molecular complexity index is 923. The molecular weight excluding hydrogens is 308 g/mol. The van der Waals surface area contributed by atoms with E-state index in [9.17, 15) is 14.7 Å². The number of hydrogen-bond acceptors (Lipinski definition) is 4. The summed E-state index contributed by atoms with van der Waals surface area (Å²) >= 11 is 0. The van der Waals surface area contributed by atoms with Crippen LogP contribution in [-0.2, 0) is 0 Å². The summed E-state index contributed by atoms with van der Waals surface area (Å²) in [6, 6.07) is 12.0. The molecule has 0 aliphatic rings. The summed E-state index contributed by atoms with van der Waals surface area (Å²) in [5.41, 5.74) is 2.24. The van der Waals surface area contributed by atoms with Gasteiger partial charge in [-0.25, -0.2) is 9.59 Å². The molecule has 2 aromatic heterocycles. The molecule has 1 aromatic carbocycles. The SMILES string of the molecule is O=C(O)c1cnc(-c2cccc(-c3cccnc3)c2)c(C(=O)O)c1. The lowest BCUT2D eigenvalue weighted by atomic mass is 9.99. The van der Waals surface area contributed by atoms with Gasteiger partial charge in [0.1, 0.15) is 0 Å². The maximum Gasteiger partial charge on any atom is 0.337 e. The number of benzene rings is 1. The molecule has 2 N–H and O–H groups in total. The Balaban J connectivity index is 2.13. The number of carboxylic acid groups (broad SMARTS) is 2. The summed E-state index contributed by atoms with van der Waals surface area (Å²) in [4.78, 5) is 30.6. The summed E-state index contributed by atoms with van der Waals surface area (Å²) in [6.07, 6.45) is 4.53. The first-order chi connectivity index (χ1) is 11.6. The number of pyridine rings is 2. The molecule has 0 unspecified atom stereocenters. The van der Waals surface area contributed by atoms with Crippen molar-refractivity contribution in [1.82, 2.24) is 9.97 Å². The molecule has 3 rings (SSSR count). The highest BCUT2D eigenvalue weighted by molar-refractivity contribution is 5.98. The van der Waals surface area contributed by atoms with Crippen molar-refractivity contribution in [3.05, 3.63) is 72.2 Å². The van der Waals surface area contributed by atoms with Crippen molar-refractivity contribution in [2.24, 2.45) is 0 Å². The van der Waals surface area contributed by atoms with E-state index in [0.717, 1.165) is 23.4 Å². The molecule has 0 aliphatic heterocycles. The van der Waals surface area contributed by atoms with Crippen molar-refractivity contribution < 1.29 is 19.8 Å². The molecule has 0 spiro atoms. The summed E-state index contributed by atoms with van der Waals surface area (Å²) in [5.74, 6) is -2.45. The van der Waals surface area contributed by atoms with Crippen LogP contribution in [0.3, 0.4) is 0 Å². The number of carbonyl (C=O) groups is 2. The Morgan fingerprint density at radius 3 is 2.25 bits per heavy atom. The first kappa shape index (κ1) is 15.4. The van der Waals surface area contributed by atoms with E-state index in [4.69, 9.17) is 5.11 Å². The van der Waals surface area contributed by atoms with E-state index < -0.39 is 11.9 Å². The van der Waals surface area contributed by atoms with Crippen molar-refractivity contribution in [1.29, 1.82) is 0 Å². The Morgan fingerprint density at radius 2 is 1.58 bits per heavy atom. The second-order valence-corrected chi connectivity index (χ2v) is 5.05. The Hall–Kier alpha value is -3.54. The number of aromatic carboxylic acids is 2. The molecule has 0 fully saturated rings. The molecule has 6 heteroatoms. The van der Waals surface area contributed by atoms with Crippen LogP contribution >= 0.6 is 0 Å². The molecule has 0 amide bonds. The maximum atomic E-state index is 11.5. The van der Waals surface area contributed by atoms with E-state index in [1.807, 2.05) is 18.2 Å². The lowest BCUT2D eigenvalue weighted by molar-refractivity contribution is 0.0696. The smallest absolute Gasteiger partial charge is 0.337 e. The topological polar surface area (TPSA) is 100 Å². The Morgan fingerprint density at radius 1 is 0.833 bits per heavy atom. The third-order valence-electron chi connectivity index (χ3n) is 3.50. The van der Waals surface area contributed by atoms with Gasteiger partial charge in [-0.3, -0.25) is 9.97 Å². The van der Waals surface area contributed by atoms with Gasteiger partial charge in [-0.15, -0.1) is 0 Å². The average Bonchev–Trinajstić information content (AvgIpc) is 2.62. The van der Waals surface area contributed by atoms with E-state index >= 15 is 0 Å². The van der Waals surface area contributed by atoms with E-state index in [0.29, 0.717) is 5.56 Å². The molecule has 118 valence electrons. The molecule has 6 nitrogen and oxygen atoms in total. The zero-order valence-corrected chi connectivity index (χ0v) is 12.4. The molecule has 0 aliphatic carbocycles. The lowest BCUT2D eigenvalue weighted by Crippen LogP contribution is -2.06. The van der Waals surface area contributed by atoms with Crippen LogP contribution in [-0.4, -0.2) is 32.1 Å². The monoisotopic (exact) mass is 320 g/mol. The van der Waals surface area contributed by atoms with Gasteiger partial charge in [-0.05, 0) is 23.8 Å².